The van der Waals surface area contributed by atoms with Crippen molar-refractivity contribution in [3.8, 4) is 5.69 Å². The predicted octanol–water partition coefficient (Wildman–Crippen LogP) is 5.40. The van der Waals surface area contributed by atoms with E-state index in [0.29, 0.717) is 28.0 Å². The third-order valence-corrected chi connectivity index (χ3v) is 5.95. The molecular formula is C23H13Br2N3O2. The van der Waals surface area contributed by atoms with Gasteiger partial charge in [0, 0.05) is 20.2 Å². The van der Waals surface area contributed by atoms with Crippen molar-refractivity contribution in [1.82, 2.24) is 9.55 Å². The number of carbonyl (C=O) groups is 1. The van der Waals surface area contributed by atoms with Gasteiger partial charge in [-0.25, -0.2) is 4.98 Å². The second-order valence-corrected chi connectivity index (χ2v) is 8.64. The molecule has 5 rings (SSSR count). The number of carbonyl (C=O) groups excluding carboxylic acids is 1. The number of benzene rings is 3. The second-order valence-electron chi connectivity index (χ2n) is 6.81. The number of amides is 1. The summed E-state index contributed by atoms with van der Waals surface area (Å²) in [6.07, 6.45) is 1.67. The molecule has 0 radical (unpaired) electrons. The molecule has 0 atom stereocenters. The number of para-hydroxylation sites is 1. The second kappa shape index (κ2) is 7.34. The minimum atomic E-state index is -0.229. The number of nitrogens with zero attached hydrogens (tertiary/aromatic N) is 2. The first-order valence-electron chi connectivity index (χ1n) is 9.12. The van der Waals surface area contributed by atoms with Gasteiger partial charge in [0.25, 0.3) is 11.5 Å². The van der Waals surface area contributed by atoms with Gasteiger partial charge >= 0.3 is 0 Å². The quantitative estimate of drug-likeness (QED) is 0.358. The fraction of sp³-hybridized carbons (Fsp3) is 0. The van der Waals surface area contributed by atoms with E-state index in [1.807, 2.05) is 54.6 Å². The summed E-state index contributed by atoms with van der Waals surface area (Å²) in [4.78, 5) is 30.7. The minimum Gasteiger partial charge on any atom is -0.321 e. The van der Waals surface area contributed by atoms with Crippen molar-refractivity contribution in [3.05, 3.63) is 97.4 Å². The molecule has 1 N–H and O–H groups in total. The Kier molecular flexibility index (Phi) is 4.64. The molecule has 0 bridgehead atoms. The minimum absolute atomic E-state index is 0.192. The van der Waals surface area contributed by atoms with Crippen molar-refractivity contribution < 1.29 is 4.79 Å². The zero-order chi connectivity index (χ0) is 20.8. The number of aromatic nitrogens is 2. The van der Waals surface area contributed by atoms with Crippen molar-refractivity contribution in [2.75, 3.05) is 5.32 Å². The molecule has 2 heterocycles. The Balaban J connectivity index is 1.81. The summed E-state index contributed by atoms with van der Waals surface area (Å²) < 4.78 is 3.30. The number of hydrogen-bond acceptors (Lipinski definition) is 3. The lowest BCUT2D eigenvalue weighted by molar-refractivity contribution is -0.110. The lowest BCUT2D eigenvalue weighted by Gasteiger charge is -2.12. The molecule has 4 aromatic rings. The average molecular weight is 523 g/mol. The molecule has 3 aromatic carbocycles. The SMILES string of the molecule is O=C1Nc2ccc(Br)cc2/C1=C\c1nc2ccccc2c(=O)n1-c1ccc(Br)cc1. The van der Waals surface area contributed by atoms with E-state index < -0.39 is 0 Å². The standard InChI is InChI=1S/C23H13Br2N3O2/c24-13-5-8-15(9-6-13)28-21(26-19-4-2-1-3-16(19)23(28)30)12-18-17-11-14(25)7-10-20(17)27-22(18)29/h1-12H,(H,27,29)/b18-12+. The summed E-state index contributed by atoms with van der Waals surface area (Å²) in [7, 11) is 0. The van der Waals surface area contributed by atoms with E-state index in [0.717, 1.165) is 20.2 Å². The van der Waals surface area contributed by atoms with Crippen molar-refractivity contribution >= 4 is 66.0 Å². The van der Waals surface area contributed by atoms with Gasteiger partial charge in [0.1, 0.15) is 5.82 Å². The molecule has 5 nitrogen and oxygen atoms in total. The highest BCUT2D eigenvalue weighted by atomic mass is 79.9. The van der Waals surface area contributed by atoms with Crippen LogP contribution in [0.2, 0.25) is 0 Å². The molecule has 1 amide bonds. The van der Waals surface area contributed by atoms with Crippen LogP contribution in [-0.2, 0) is 4.79 Å². The Labute approximate surface area is 188 Å². The lowest BCUT2D eigenvalue weighted by atomic mass is 10.1. The molecule has 0 unspecified atom stereocenters. The van der Waals surface area contributed by atoms with Crippen LogP contribution in [0.4, 0.5) is 5.69 Å². The highest BCUT2D eigenvalue weighted by Gasteiger charge is 2.25. The zero-order valence-corrected chi connectivity index (χ0v) is 18.6. The topological polar surface area (TPSA) is 64.0 Å². The van der Waals surface area contributed by atoms with Crippen LogP contribution in [0.5, 0.6) is 0 Å². The molecule has 0 saturated heterocycles. The van der Waals surface area contributed by atoms with Crippen molar-refractivity contribution in [1.29, 1.82) is 0 Å². The van der Waals surface area contributed by atoms with E-state index in [4.69, 9.17) is 4.98 Å². The van der Waals surface area contributed by atoms with Crippen molar-refractivity contribution in [2.24, 2.45) is 0 Å². The normalized spacial score (nSPS) is 14.2. The molecule has 0 spiro atoms. The summed E-state index contributed by atoms with van der Waals surface area (Å²) in [5.74, 6) is 0.159. The van der Waals surface area contributed by atoms with E-state index in [2.05, 4.69) is 37.2 Å². The highest BCUT2D eigenvalue weighted by molar-refractivity contribution is 9.10. The molecule has 1 aliphatic heterocycles. The smallest absolute Gasteiger partial charge is 0.266 e. The first kappa shape index (κ1) is 19.0. The largest absolute Gasteiger partial charge is 0.321 e. The summed E-state index contributed by atoms with van der Waals surface area (Å²) in [5, 5.41) is 3.38. The Morgan fingerprint density at radius 3 is 2.43 bits per heavy atom. The maximum absolute atomic E-state index is 13.4. The van der Waals surface area contributed by atoms with Gasteiger partial charge in [-0.15, -0.1) is 0 Å². The Hall–Kier alpha value is -3.03. The van der Waals surface area contributed by atoms with Crippen molar-refractivity contribution in [2.45, 2.75) is 0 Å². The van der Waals surface area contributed by atoms with Crippen LogP contribution in [-0.4, -0.2) is 15.5 Å². The Bertz CT molecular complexity index is 1420. The number of anilines is 1. The number of halogens is 2. The Morgan fingerprint density at radius 2 is 1.63 bits per heavy atom. The van der Waals surface area contributed by atoms with Gasteiger partial charge in [-0.05, 0) is 60.7 Å². The first-order valence-corrected chi connectivity index (χ1v) is 10.7. The fourth-order valence-corrected chi connectivity index (χ4v) is 4.14. The third-order valence-electron chi connectivity index (χ3n) is 4.92. The molecule has 30 heavy (non-hydrogen) atoms. The van der Waals surface area contributed by atoms with Gasteiger partial charge in [-0.3, -0.25) is 14.2 Å². The number of hydrogen-bond donors (Lipinski definition) is 1. The number of fused-ring (bicyclic) bond motifs is 2. The summed E-state index contributed by atoms with van der Waals surface area (Å²) in [5.41, 5.74) is 3.01. The van der Waals surface area contributed by atoms with Gasteiger partial charge < -0.3 is 5.32 Å². The average Bonchev–Trinajstić information content (AvgIpc) is 3.04. The lowest BCUT2D eigenvalue weighted by Crippen LogP contribution is -2.22. The number of nitrogens with one attached hydrogen (secondary N) is 1. The van der Waals surface area contributed by atoms with E-state index in [9.17, 15) is 9.59 Å². The maximum atomic E-state index is 13.4. The van der Waals surface area contributed by atoms with E-state index >= 15 is 0 Å². The summed E-state index contributed by atoms with van der Waals surface area (Å²) in [6.45, 7) is 0. The molecule has 7 heteroatoms. The van der Waals surface area contributed by atoms with E-state index in [1.54, 1.807) is 18.2 Å². The highest BCUT2D eigenvalue weighted by Crippen LogP contribution is 2.35. The van der Waals surface area contributed by atoms with Gasteiger partial charge in [0.2, 0.25) is 0 Å². The van der Waals surface area contributed by atoms with Crippen LogP contribution in [0.15, 0.2) is 80.5 Å². The van der Waals surface area contributed by atoms with Crippen molar-refractivity contribution in [3.63, 3.8) is 0 Å². The predicted molar refractivity (Wildman–Crippen MR) is 126 cm³/mol. The summed E-state index contributed by atoms with van der Waals surface area (Å²) >= 11 is 6.88. The molecule has 1 aromatic heterocycles. The van der Waals surface area contributed by atoms with Crippen LogP contribution in [0, 0.1) is 0 Å². The van der Waals surface area contributed by atoms with Crippen LogP contribution in [0.25, 0.3) is 28.2 Å². The molecule has 0 fully saturated rings. The fourth-order valence-electron chi connectivity index (χ4n) is 3.52. The number of rotatable bonds is 2. The van der Waals surface area contributed by atoms with Gasteiger partial charge in [-0.1, -0.05) is 44.0 Å². The van der Waals surface area contributed by atoms with Gasteiger partial charge in [0.15, 0.2) is 0 Å². The van der Waals surface area contributed by atoms with Gasteiger partial charge in [0.05, 0.1) is 22.2 Å². The van der Waals surface area contributed by atoms with Gasteiger partial charge in [-0.2, -0.15) is 0 Å². The third kappa shape index (κ3) is 3.20. The monoisotopic (exact) mass is 521 g/mol. The zero-order valence-electron chi connectivity index (χ0n) is 15.4. The van der Waals surface area contributed by atoms with E-state index in [1.165, 1.54) is 4.57 Å². The van der Waals surface area contributed by atoms with Crippen LogP contribution < -0.4 is 10.9 Å². The first-order chi connectivity index (χ1) is 14.5. The Morgan fingerprint density at radius 1 is 0.900 bits per heavy atom. The molecular weight excluding hydrogens is 510 g/mol. The van der Waals surface area contributed by atoms with Crippen LogP contribution >= 0.6 is 31.9 Å². The maximum Gasteiger partial charge on any atom is 0.266 e. The van der Waals surface area contributed by atoms with E-state index in [-0.39, 0.29) is 11.5 Å². The molecule has 1 aliphatic rings. The molecule has 0 aliphatic carbocycles. The molecule has 0 saturated carbocycles. The summed E-state index contributed by atoms with van der Waals surface area (Å²) in [6, 6.07) is 20.2. The molecule has 146 valence electrons. The van der Waals surface area contributed by atoms with Crippen LogP contribution in [0.1, 0.15) is 11.4 Å². The van der Waals surface area contributed by atoms with Crippen LogP contribution in [0.3, 0.4) is 0 Å².